The molecule has 0 fully saturated rings. The van der Waals surface area contributed by atoms with Gasteiger partial charge in [0, 0.05) is 19.6 Å². The van der Waals surface area contributed by atoms with Crippen molar-refractivity contribution in [1.82, 2.24) is 4.57 Å². The molecule has 1 atom stereocenters. The van der Waals surface area contributed by atoms with Crippen molar-refractivity contribution >= 4 is 79.9 Å². The van der Waals surface area contributed by atoms with Gasteiger partial charge in [-0.3, -0.25) is 9.36 Å². The summed E-state index contributed by atoms with van der Waals surface area (Å²) in [4.78, 5) is 32.9. The predicted molar refractivity (Wildman–Crippen MR) is 172 cm³/mol. The number of allylic oxidation sites excluding steroid dienone is 1. The van der Waals surface area contributed by atoms with Crippen LogP contribution in [-0.2, 0) is 16.1 Å². The molecule has 0 N–H and O–H groups in total. The number of nitriles is 1. The van der Waals surface area contributed by atoms with Crippen LogP contribution in [0.4, 0.5) is 0 Å². The van der Waals surface area contributed by atoms with Gasteiger partial charge in [0.2, 0.25) is 0 Å². The first-order valence-corrected chi connectivity index (χ1v) is 16.0. The van der Waals surface area contributed by atoms with Gasteiger partial charge in [-0.1, -0.05) is 35.6 Å². The summed E-state index contributed by atoms with van der Waals surface area (Å²) in [6.45, 7) is 3.97. The average molecular weight is 793 g/mol. The fourth-order valence-corrected chi connectivity index (χ4v) is 8.30. The Morgan fingerprint density at radius 1 is 1.23 bits per heavy atom. The van der Waals surface area contributed by atoms with Crippen molar-refractivity contribution < 1.29 is 14.3 Å². The standard InChI is InChI=1S/C29H21I2N3O4S2/c1-3-37-28(36)24-16(2)33-29-34(25(24)22-9-6-10-39-22)27(35)23(40-29)12-19-11-20(30)13-21(31)26(19)38-15-18-8-5-4-7-17(18)14-32/h4-13,25H,3,15H2,1-2H3/b23-12-/t25-/m0/s1. The smallest absolute Gasteiger partial charge is 0.338 e. The van der Waals surface area contributed by atoms with Gasteiger partial charge in [0.15, 0.2) is 4.80 Å². The number of aromatic nitrogens is 1. The van der Waals surface area contributed by atoms with E-state index in [1.165, 1.54) is 22.7 Å². The minimum absolute atomic E-state index is 0.211. The molecule has 2 aromatic carbocycles. The van der Waals surface area contributed by atoms with Gasteiger partial charge in [-0.15, -0.1) is 11.3 Å². The van der Waals surface area contributed by atoms with E-state index in [0.717, 1.165) is 23.1 Å². The molecule has 0 bridgehead atoms. The van der Waals surface area contributed by atoms with Gasteiger partial charge < -0.3 is 9.47 Å². The van der Waals surface area contributed by atoms with E-state index in [4.69, 9.17) is 9.47 Å². The minimum atomic E-state index is -0.619. The maximum atomic E-state index is 13.9. The number of carbonyl (C=O) groups excluding carboxylic acids is 1. The lowest BCUT2D eigenvalue weighted by molar-refractivity contribution is -0.139. The summed E-state index contributed by atoms with van der Waals surface area (Å²) in [6.07, 6.45) is 1.81. The highest BCUT2D eigenvalue weighted by Gasteiger charge is 2.34. The van der Waals surface area contributed by atoms with E-state index in [-0.39, 0.29) is 18.8 Å². The van der Waals surface area contributed by atoms with Crippen LogP contribution < -0.4 is 19.6 Å². The number of benzene rings is 2. The second-order valence-corrected chi connectivity index (χ2v) is 13.1. The second-order valence-electron chi connectivity index (χ2n) is 8.68. The molecule has 0 radical (unpaired) electrons. The Morgan fingerprint density at radius 3 is 2.75 bits per heavy atom. The molecule has 0 saturated carbocycles. The Morgan fingerprint density at radius 2 is 2.02 bits per heavy atom. The summed E-state index contributed by atoms with van der Waals surface area (Å²) in [5, 5.41) is 11.4. The quantitative estimate of drug-likeness (QED) is 0.182. The highest BCUT2D eigenvalue weighted by atomic mass is 127. The molecule has 2 aromatic heterocycles. The number of hydrogen-bond acceptors (Lipinski definition) is 8. The van der Waals surface area contributed by atoms with Crippen molar-refractivity contribution in [2.75, 3.05) is 6.61 Å². The Hall–Kier alpha value is -2.80. The summed E-state index contributed by atoms with van der Waals surface area (Å²) >= 11 is 7.21. The van der Waals surface area contributed by atoms with Crippen molar-refractivity contribution in [3.63, 3.8) is 0 Å². The molecule has 5 rings (SSSR count). The summed E-state index contributed by atoms with van der Waals surface area (Å²) in [6, 6.07) is 16.7. The molecule has 40 heavy (non-hydrogen) atoms. The largest absolute Gasteiger partial charge is 0.487 e. The Kier molecular flexibility index (Phi) is 8.89. The zero-order valence-corrected chi connectivity index (χ0v) is 27.3. The highest BCUT2D eigenvalue weighted by molar-refractivity contribution is 14.1. The van der Waals surface area contributed by atoms with E-state index in [1.807, 2.05) is 53.9 Å². The van der Waals surface area contributed by atoms with Gasteiger partial charge >= 0.3 is 5.97 Å². The summed E-state index contributed by atoms with van der Waals surface area (Å²) in [5.74, 6) is 0.148. The van der Waals surface area contributed by atoms with Crippen molar-refractivity contribution in [3.05, 3.63) is 114 Å². The van der Waals surface area contributed by atoms with Crippen molar-refractivity contribution in [1.29, 1.82) is 5.26 Å². The van der Waals surface area contributed by atoms with Crippen LogP contribution in [0.3, 0.4) is 0 Å². The molecule has 0 amide bonds. The molecule has 0 aliphatic carbocycles. The third kappa shape index (κ3) is 5.67. The molecule has 1 aliphatic rings. The molecule has 7 nitrogen and oxygen atoms in total. The van der Waals surface area contributed by atoms with E-state index in [0.29, 0.717) is 31.9 Å². The molecule has 202 valence electrons. The lowest BCUT2D eigenvalue weighted by atomic mass is 10.0. The zero-order chi connectivity index (χ0) is 28.4. The minimum Gasteiger partial charge on any atom is -0.487 e. The number of hydrogen-bond donors (Lipinski definition) is 0. The number of nitrogens with zero attached hydrogens (tertiary/aromatic N) is 3. The summed E-state index contributed by atoms with van der Waals surface area (Å²) < 4.78 is 15.5. The van der Waals surface area contributed by atoms with Gasteiger partial charge in [0.05, 0.1) is 37.6 Å². The number of fused-ring (bicyclic) bond motifs is 1. The maximum Gasteiger partial charge on any atom is 0.338 e. The molecule has 3 heterocycles. The number of halogens is 2. The number of thiazole rings is 1. The number of rotatable bonds is 7. The van der Waals surface area contributed by atoms with Crippen LogP contribution in [-0.4, -0.2) is 17.1 Å². The van der Waals surface area contributed by atoms with E-state index >= 15 is 0 Å². The van der Waals surface area contributed by atoms with Gasteiger partial charge in [-0.05, 0) is 94.8 Å². The lowest BCUT2D eigenvalue weighted by Crippen LogP contribution is -2.39. The average Bonchev–Trinajstić information content (AvgIpc) is 3.56. The Balaban J connectivity index is 1.63. The summed E-state index contributed by atoms with van der Waals surface area (Å²) in [5.41, 5.74) is 2.73. The van der Waals surface area contributed by atoms with E-state index in [1.54, 1.807) is 24.5 Å². The van der Waals surface area contributed by atoms with Crippen LogP contribution >= 0.6 is 67.9 Å². The third-order valence-corrected chi connectivity index (χ3v) is 9.50. The molecule has 1 aliphatic heterocycles. The topological polar surface area (TPSA) is 93.7 Å². The molecular weight excluding hydrogens is 772 g/mol. The highest BCUT2D eigenvalue weighted by Crippen LogP contribution is 2.33. The van der Waals surface area contributed by atoms with Gasteiger partial charge in [0.1, 0.15) is 18.4 Å². The van der Waals surface area contributed by atoms with Gasteiger partial charge in [-0.25, -0.2) is 9.79 Å². The normalized spacial score (nSPS) is 14.9. The molecule has 4 aromatic rings. The SMILES string of the molecule is CCOC(=O)C1=C(C)N=c2s/c(=C\c3cc(I)cc(I)c3OCc3ccccc3C#N)c(=O)n2[C@H]1c1cccs1. The van der Waals surface area contributed by atoms with Crippen molar-refractivity contribution in [3.8, 4) is 11.8 Å². The molecule has 0 spiro atoms. The predicted octanol–water partition coefficient (Wildman–Crippen LogP) is 5.52. The van der Waals surface area contributed by atoms with Crippen LogP contribution in [0.2, 0.25) is 0 Å². The first-order chi connectivity index (χ1) is 19.3. The lowest BCUT2D eigenvalue weighted by Gasteiger charge is -2.23. The monoisotopic (exact) mass is 793 g/mol. The van der Waals surface area contributed by atoms with Crippen LogP contribution in [0.15, 0.2) is 75.0 Å². The van der Waals surface area contributed by atoms with Crippen molar-refractivity contribution in [2.24, 2.45) is 4.99 Å². The van der Waals surface area contributed by atoms with E-state index in [9.17, 15) is 14.9 Å². The number of carbonyl (C=O) groups is 1. The van der Waals surface area contributed by atoms with E-state index in [2.05, 4.69) is 56.2 Å². The van der Waals surface area contributed by atoms with Crippen LogP contribution in [0.25, 0.3) is 6.08 Å². The first kappa shape index (κ1) is 28.7. The molecule has 0 unspecified atom stereocenters. The number of esters is 1. The number of ether oxygens (including phenoxy) is 2. The van der Waals surface area contributed by atoms with Crippen LogP contribution in [0.5, 0.6) is 5.75 Å². The first-order valence-electron chi connectivity index (χ1n) is 12.1. The third-order valence-electron chi connectivity index (χ3n) is 6.16. The summed E-state index contributed by atoms with van der Waals surface area (Å²) in [7, 11) is 0. The van der Waals surface area contributed by atoms with Gasteiger partial charge in [-0.2, -0.15) is 5.26 Å². The van der Waals surface area contributed by atoms with E-state index < -0.39 is 12.0 Å². The Labute approximate surface area is 265 Å². The second kappa shape index (κ2) is 12.4. The maximum absolute atomic E-state index is 13.9. The fraction of sp³-hybridized carbons (Fsp3) is 0.172. The molecule has 0 saturated heterocycles. The fourth-order valence-electron chi connectivity index (χ4n) is 4.39. The number of thiophene rings is 1. The van der Waals surface area contributed by atoms with Gasteiger partial charge in [0.25, 0.3) is 5.56 Å². The van der Waals surface area contributed by atoms with Crippen LogP contribution in [0.1, 0.15) is 41.5 Å². The molecular formula is C29H21I2N3O4S2. The van der Waals surface area contributed by atoms with Crippen LogP contribution in [0, 0.1) is 18.5 Å². The molecule has 11 heteroatoms. The Bertz CT molecular complexity index is 1870. The zero-order valence-electron chi connectivity index (χ0n) is 21.3. The van der Waals surface area contributed by atoms with Crippen molar-refractivity contribution in [2.45, 2.75) is 26.5 Å².